The largest absolute Gasteiger partial charge is 0.622 e. The maximum atomic E-state index is 11.3. The number of rotatable bonds is 3. The summed E-state index contributed by atoms with van der Waals surface area (Å²) in [6.07, 6.45) is 1.92. The summed E-state index contributed by atoms with van der Waals surface area (Å²) in [6.45, 7) is 5.52. The van der Waals surface area contributed by atoms with E-state index >= 15 is 0 Å². The predicted molar refractivity (Wildman–Crippen MR) is 52.5 cm³/mol. The van der Waals surface area contributed by atoms with Gasteiger partial charge in [-0.2, -0.15) is 4.74 Å². The molecule has 14 heavy (non-hydrogen) atoms. The molecule has 0 saturated carbocycles. The van der Waals surface area contributed by atoms with Crippen LogP contribution in [0.5, 0.6) is 0 Å². The Labute approximate surface area is 82.7 Å². The SMILES string of the molecule is CCCOC(=O)C1=NC(C)(C)[N+]([O-])=C1. The summed E-state index contributed by atoms with van der Waals surface area (Å²) in [5.41, 5.74) is -0.793. The number of hydrogen-bond donors (Lipinski definition) is 0. The van der Waals surface area contributed by atoms with E-state index in [-0.39, 0.29) is 5.71 Å². The van der Waals surface area contributed by atoms with Gasteiger partial charge in [0, 0.05) is 13.8 Å². The standard InChI is InChI=1S/C9H14N2O3/c1-4-5-14-8(12)7-6-11(13)9(2,3)10-7/h6H,4-5H2,1-3H3. The van der Waals surface area contributed by atoms with Crippen LogP contribution in [0.3, 0.4) is 0 Å². The van der Waals surface area contributed by atoms with Gasteiger partial charge in [-0.3, -0.25) is 0 Å². The molecule has 5 nitrogen and oxygen atoms in total. The van der Waals surface area contributed by atoms with E-state index in [0.717, 1.165) is 12.6 Å². The van der Waals surface area contributed by atoms with Gasteiger partial charge in [-0.25, -0.2) is 9.79 Å². The molecule has 78 valence electrons. The van der Waals surface area contributed by atoms with Crippen molar-refractivity contribution in [3.63, 3.8) is 0 Å². The molecule has 0 amide bonds. The molecule has 5 heteroatoms. The van der Waals surface area contributed by atoms with Crippen molar-refractivity contribution in [2.24, 2.45) is 4.99 Å². The fraction of sp³-hybridized carbons (Fsp3) is 0.667. The van der Waals surface area contributed by atoms with E-state index < -0.39 is 11.6 Å². The molecule has 0 fully saturated rings. The van der Waals surface area contributed by atoms with Gasteiger partial charge < -0.3 is 9.94 Å². The smallest absolute Gasteiger partial charge is 0.363 e. The molecule has 0 aliphatic carbocycles. The minimum Gasteiger partial charge on any atom is -0.622 e. The monoisotopic (exact) mass is 198 g/mol. The maximum absolute atomic E-state index is 11.3. The number of aliphatic imine (C=N–C) groups is 1. The molecule has 0 bridgehead atoms. The lowest BCUT2D eigenvalue weighted by atomic mass is 10.3. The first-order chi connectivity index (χ1) is 6.47. The highest BCUT2D eigenvalue weighted by Gasteiger charge is 2.35. The summed E-state index contributed by atoms with van der Waals surface area (Å²) in [4.78, 5) is 15.2. The lowest BCUT2D eigenvalue weighted by Gasteiger charge is -2.13. The zero-order chi connectivity index (χ0) is 10.8. The van der Waals surface area contributed by atoms with Crippen LogP contribution in [0.1, 0.15) is 27.2 Å². The van der Waals surface area contributed by atoms with Gasteiger partial charge in [-0.1, -0.05) is 6.92 Å². The minimum atomic E-state index is -0.888. The zero-order valence-corrected chi connectivity index (χ0v) is 8.61. The second-order valence-electron chi connectivity index (χ2n) is 3.58. The lowest BCUT2D eigenvalue weighted by molar-refractivity contribution is -0.528. The van der Waals surface area contributed by atoms with Gasteiger partial charge >= 0.3 is 5.97 Å². The Morgan fingerprint density at radius 3 is 2.79 bits per heavy atom. The van der Waals surface area contributed by atoms with Gasteiger partial charge in [0.25, 0.3) is 5.66 Å². The second-order valence-corrected chi connectivity index (χ2v) is 3.58. The van der Waals surface area contributed by atoms with Crippen molar-refractivity contribution in [3.8, 4) is 0 Å². The van der Waals surface area contributed by atoms with Gasteiger partial charge in [0.2, 0.25) is 11.9 Å². The van der Waals surface area contributed by atoms with E-state index in [2.05, 4.69) is 4.99 Å². The molecule has 0 aromatic heterocycles. The summed E-state index contributed by atoms with van der Waals surface area (Å²) in [5.74, 6) is -0.529. The number of carbonyl (C=O) groups is 1. The van der Waals surface area contributed by atoms with Crippen LogP contribution in [0.2, 0.25) is 0 Å². The van der Waals surface area contributed by atoms with E-state index in [1.54, 1.807) is 13.8 Å². The van der Waals surface area contributed by atoms with Crippen LogP contribution in [-0.2, 0) is 9.53 Å². The van der Waals surface area contributed by atoms with Crippen molar-refractivity contribution in [2.45, 2.75) is 32.9 Å². The Bertz CT molecular complexity index is 305. The second kappa shape index (κ2) is 3.77. The zero-order valence-electron chi connectivity index (χ0n) is 8.61. The van der Waals surface area contributed by atoms with Crippen molar-refractivity contribution >= 4 is 17.9 Å². The first-order valence-corrected chi connectivity index (χ1v) is 4.55. The summed E-state index contributed by atoms with van der Waals surface area (Å²) in [6, 6.07) is 0. The quantitative estimate of drug-likeness (QED) is 0.381. The Morgan fingerprint density at radius 2 is 2.36 bits per heavy atom. The van der Waals surface area contributed by atoms with E-state index in [1.807, 2.05) is 6.92 Å². The Kier molecular flexibility index (Phi) is 2.88. The molecule has 0 spiro atoms. The van der Waals surface area contributed by atoms with E-state index in [1.165, 1.54) is 0 Å². The molecule has 1 aliphatic rings. The number of hydroxylamine groups is 1. The van der Waals surface area contributed by atoms with Gasteiger partial charge in [-0.15, -0.1) is 0 Å². The first-order valence-electron chi connectivity index (χ1n) is 4.55. The molecule has 0 radical (unpaired) electrons. The number of ether oxygens (including phenoxy) is 1. The normalized spacial score (nSPS) is 18.8. The summed E-state index contributed by atoms with van der Waals surface area (Å²) in [5, 5.41) is 11.2. The summed E-state index contributed by atoms with van der Waals surface area (Å²) in [7, 11) is 0. The van der Waals surface area contributed by atoms with Crippen molar-refractivity contribution in [1.29, 1.82) is 0 Å². The molecule has 0 aromatic rings. The van der Waals surface area contributed by atoms with Crippen molar-refractivity contribution in [2.75, 3.05) is 6.61 Å². The molecule has 1 rings (SSSR count). The molecule has 0 N–H and O–H groups in total. The summed E-state index contributed by atoms with van der Waals surface area (Å²) >= 11 is 0. The average Bonchev–Trinajstić information content (AvgIpc) is 2.37. The third-order valence-corrected chi connectivity index (χ3v) is 1.82. The topological polar surface area (TPSA) is 64.7 Å². The first kappa shape index (κ1) is 10.7. The number of hydrogen-bond acceptors (Lipinski definition) is 4. The predicted octanol–water partition coefficient (Wildman–Crippen LogP) is 0.711. The molecule has 1 heterocycles. The Morgan fingerprint density at radius 1 is 1.71 bits per heavy atom. The van der Waals surface area contributed by atoms with Gasteiger partial charge in [0.05, 0.1) is 6.61 Å². The van der Waals surface area contributed by atoms with Crippen LogP contribution in [0.25, 0.3) is 0 Å². The van der Waals surface area contributed by atoms with Crippen LogP contribution in [0.4, 0.5) is 0 Å². The van der Waals surface area contributed by atoms with E-state index in [0.29, 0.717) is 11.3 Å². The van der Waals surface area contributed by atoms with Crippen LogP contribution in [0.15, 0.2) is 4.99 Å². The van der Waals surface area contributed by atoms with Crippen molar-refractivity contribution < 1.29 is 14.3 Å². The molecule has 0 aromatic carbocycles. The van der Waals surface area contributed by atoms with Crippen molar-refractivity contribution in [1.82, 2.24) is 0 Å². The number of nitrogens with zero attached hydrogens (tertiary/aromatic N) is 2. The highest BCUT2D eigenvalue weighted by Crippen LogP contribution is 2.14. The Balaban J connectivity index is 2.68. The third kappa shape index (κ3) is 2.10. The molecular weight excluding hydrogens is 184 g/mol. The third-order valence-electron chi connectivity index (χ3n) is 1.82. The molecule has 1 aliphatic heterocycles. The van der Waals surface area contributed by atoms with E-state index in [9.17, 15) is 10.0 Å². The molecule has 0 atom stereocenters. The van der Waals surface area contributed by atoms with Gasteiger partial charge in [-0.05, 0) is 6.42 Å². The fourth-order valence-corrected chi connectivity index (χ4v) is 1.01. The maximum Gasteiger partial charge on any atom is 0.363 e. The number of esters is 1. The van der Waals surface area contributed by atoms with Crippen LogP contribution in [-0.4, -0.2) is 34.9 Å². The van der Waals surface area contributed by atoms with Crippen LogP contribution < -0.4 is 0 Å². The Hall–Kier alpha value is -1.39. The molecule has 0 unspecified atom stereocenters. The van der Waals surface area contributed by atoms with Gasteiger partial charge in [0.1, 0.15) is 0 Å². The highest BCUT2D eigenvalue weighted by molar-refractivity contribution is 6.58. The fourth-order valence-electron chi connectivity index (χ4n) is 1.01. The molecule has 0 saturated heterocycles. The average molecular weight is 198 g/mol. The van der Waals surface area contributed by atoms with Crippen LogP contribution in [0, 0.1) is 5.21 Å². The molecular formula is C9H14N2O3. The lowest BCUT2D eigenvalue weighted by Crippen LogP contribution is -2.26. The summed E-state index contributed by atoms with van der Waals surface area (Å²) < 4.78 is 5.50. The van der Waals surface area contributed by atoms with E-state index in [4.69, 9.17) is 4.74 Å². The highest BCUT2D eigenvalue weighted by atomic mass is 16.5. The van der Waals surface area contributed by atoms with Crippen LogP contribution >= 0.6 is 0 Å². The van der Waals surface area contributed by atoms with Crippen molar-refractivity contribution in [3.05, 3.63) is 5.21 Å². The minimum absolute atomic E-state index is 0.0958. The van der Waals surface area contributed by atoms with Gasteiger partial charge in [0.15, 0.2) is 0 Å². The number of carbonyl (C=O) groups excluding carboxylic acids is 1.